The van der Waals surface area contributed by atoms with Crippen LogP contribution in [0.1, 0.15) is 5.56 Å². The van der Waals surface area contributed by atoms with Gasteiger partial charge in [-0.3, -0.25) is 0 Å². The highest BCUT2D eigenvalue weighted by molar-refractivity contribution is 5.66. The molecule has 0 saturated carbocycles. The van der Waals surface area contributed by atoms with Crippen LogP contribution in [-0.4, -0.2) is 0 Å². The molecule has 0 radical (unpaired) electrons. The van der Waals surface area contributed by atoms with Gasteiger partial charge in [0.15, 0.2) is 0 Å². The third kappa shape index (κ3) is 3.23. The molecule has 21 heavy (non-hydrogen) atoms. The third-order valence-electron chi connectivity index (χ3n) is 3.31. The Kier molecular flexibility index (Phi) is 3.88. The maximum absolute atomic E-state index is 5.95. The number of benzene rings is 3. The van der Waals surface area contributed by atoms with E-state index >= 15 is 0 Å². The first-order valence-electron chi connectivity index (χ1n) is 6.97. The smallest absolute Gasteiger partial charge is 0.132 e. The van der Waals surface area contributed by atoms with Crippen LogP contribution in [0.25, 0.3) is 0 Å². The Labute approximate surface area is 125 Å². The van der Waals surface area contributed by atoms with E-state index in [-0.39, 0.29) is 0 Å². The van der Waals surface area contributed by atoms with Crippen molar-refractivity contribution >= 4 is 11.4 Å². The highest BCUT2D eigenvalue weighted by Gasteiger charge is 2.06. The lowest BCUT2D eigenvalue weighted by Gasteiger charge is -2.14. The van der Waals surface area contributed by atoms with E-state index in [0.29, 0.717) is 0 Å². The van der Waals surface area contributed by atoms with Gasteiger partial charge in [0.2, 0.25) is 0 Å². The minimum Gasteiger partial charge on any atom is -0.457 e. The molecule has 0 atom stereocenters. The third-order valence-corrected chi connectivity index (χ3v) is 3.31. The van der Waals surface area contributed by atoms with Gasteiger partial charge in [-0.05, 0) is 43.3 Å². The molecule has 0 aliphatic rings. The fourth-order valence-electron chi connectivity index (χ4n) is 2.15. The molecule has 1 N–H and O–H groups in total. The van der Waals surface area contributed by atoms with Gasteiger partial charge in [-0.15, -0.1) is 0 Å². The van der Waals surface area contributed by atoms with Crippen LogP contribution in [0.5, 0.6) is 11.5 Å². The molecule has 0 aliphatic heterocycles. The Balaban J connectivity index is 1.85. The van der Waals surface area contributed by atoms with Gasteiger partial charge >= 0.3 is 0 Å². The topological polar surface area (TPSA) is 21.3 Å². The predicted molar refractivity (Wildman–Crippen MR) is 87.4 cm³/mol. The summed E-state index contributed by atoms with van der Waals surface area (Å²) in [4.78, 5) is 0. The zero-order valence-electron chi connectivity index (χ0n) is 11.9. The van der Waals surface area contributed by atoms with Gasteiger partial charge in [-0.2, -0.15) is 0 Å². The van der Waals surface area contributed by atoms with E-state index in [0.717, 1.165) is 28.4 Å². The van der Waals surface area contributed by atoms with Crippen LogP contribution in [0.4, 0.5) is 11.4 Å². The van der Waals surface area contributed by atoms with Crippen molar-refractivity contribution in [3.05, 3.63) is 84.4 Å². The number of rotatable bonds is 4. The minimum atomic E-state index is 0.845. The molecule has 2 nitrogen and oxygen atoms in total. The number of hydrogen-bond acceptors (Lipinski definition) is 2. The largest absolute Gasteiger partial charge is 0.457 e. The Morgan fingerprint density at radius 3 is 2.10 bits per heavy atom. The zero-order valence-corrected chi connectivity index (χ0v) is 11.9. The number of ether oxygens (including phenoxy) is 1. The average Bonchev–Trinajstić information content (AvgIpc) is 2.53. The first kappa shape index (κ1) is 13.3. The first-order chi connectivity index (χ1) is 10.3. The molecule has 0 aromatic heterocycles. The van der Waals surface area contributed by atoms with Crippen molar-refractivity contribution in [1.29, 1.82) is 0 Å². The molecule has 0 saturated heterocycles. The van der Waals surface area contributed by atoms with Crippen molar-refractivity contribution in [2.24, 2.45) is 0 Å². The van der Waals surface area contributed by atoms with E-state index < -0.39 is 0 Å². The van der Waals surface area contributed by atoms with Crippen LogP contribution in [0.3, 0.4) is 0 Å². The highest BCUT2D eigenvalue weighted by atomic mass is 16.5. The SMILES string of the molecule is Cc1c(Nc2ccccc2)cccc1Oc1ccccc1. The Hall–Kier alpha value is -2.74. The van der Waals surface area contributed by atoms with E-state index in [1.54, 1.807) is 0 Å². The Morgan fingerprint density at radius 1 is 0.714 bits per heavy atom. The molecule has 0 aliphatic carbocycles. The van der Waals surface area contributed by atoms with Crippen molar-refractivity contribution in [2.45, 2.75) is 6.92 Å². The molecule has 3 aromatic carbocycles. The highest BCUT2D eigenvalue weighted by Crippen LogP contribution is 2.31. The molecule has 3 aromatic rings. The fourth-order valence-corrected chi connectivity index (χ4v) is 2.15. The zero-order chi connectivity index (χ0) is 14.5. The summed E-state index contributed by atoms with van der Waals surface area (Å²) in [6.07, 6.45) is 0. The summed E-state index contributed by atoms with van der Waals surface area (Å²) in [5.74, 6) is 1.71. The van der Waals surface area contributed by atoms with Gasteiger partial charge in [0.25, 0.3) is 0 Å². The summed E-state index contributed by atoms with van der Waals surface area (Å²) in [6.45, 7) is 2.06. The maximum Gasteiger partial charge on any atom is 0.132 e. The summed E-state index contributed by atoms with van der Waals surface area (Å²) in [7, 11) is 0. The summed E-state index contributed by atoms with van der Waals surface area (Å²) in [5.41, 5.74) is 3.21. The van der Waals surface area contributed by atoms with Crippen molar-refractivity contribution < 1.29 is 4.74 Å². The second-order valence-electron chi connectivity index (χ2n) is 4.83. The average molecular weight is 275 g/mol. The second kappa shape index (κ2) is 6.14. The van der Waals surface area contributed by atoms with Crippen molar-refractivity contribution in [2.75, 3.05) is 5.32 Å². The minimum absolute atomic E-state index is 0.845. The van der Waals surface area contributed by atoms with Gasteiger partial charge in [0.1, 0.15) is 11.5 Å². The molecule has 0 spiro atoms. The molecule has 0 heterocycles. The molecule has 0 bridgehead atoms. The Bertz CT molecular complexity index is 648. The van der Waals surface area contributed by atoms with Gasteiger partial charge in [-0.1, -0.05) is 42.5 Å². The van der Waals surface area contributed by atoms with Crippen LogP contribution in [0.15, 0.2) is 78.9 Å². The Morgan fingerprint density at radius 2 is 1.38 bits per heavy atom. The van der Waals surface area contributed by atoms with Crippen LogP contribution < -0.4 is 10.1 Å². The van der Waals surface area contributed by atoms with Crippen LogP contribution in [0, 0.1) is 6.92 Å². The van der Waals surface area contributed by atoms with Crippen LogP contribution in [-0.2, 0) is 0 Å². The maximum atomic E-state index is 5.95. The molecule has 0 amide bonds. The lowest BCUT2D eigenvalue weighted by molar-refractivity contribution is 0.479. The summed E-state index contributed by atoms with van der Waals surface area (Å²) >= 11 is 0. The van der Waals surface area contributed by atoms with Gasteiger partial charge in [0.05, 0.1) is 0 Å². The standard InChI is InChI=1S/C19H17NO/c1-15-18(20-16-9-4-2-5-10-16)13-8-14-19(15)21-17-11-6-3-7-12-17/h2-14,20H,1H3. The summed E-state index contributed by atoms with van der Waals surface area (Å²) < 4.78 is 5.95. The number of para-hydroxylation sites is 2. The predicted octanol–water partition coefficient (Wildman–Crippen LogP) is 5.53. The normalized spacial score (nSPS) is 10.1. The van der Waals surface area contributed by atoms with Crippen molar-refractivity contribution in [3.8, 4) is 11.5 Å². The summed E-state index contributed by atoms with van der Waals surface area (Å²) in [6, 6.07) is 26.0. The summed E-state index contributed by atoms with van der Waals surface area (Å²) in [5, 5.41) is 3.42. The molecule has 0 fully saturated rings. The van der Waals surface area contributed by atoms with Gasteiger partial charge < -0.3 is 10.1 Å². The lowest BCUT2D eigenvalue weighted by atomic mass is 10.1. The quantitative estimate of drug-likeness (QED) is 0.675. The number of anilines is 2. The molecule has 0 unspecified atom stereocenters. The van der Waals surface area contributed by atoms with E-state index in [9.17, 15) is 0 Å². The van der Waals surface area contributed by atoms with Crippen LogP contribution >= 0.6 is 0 Å². The molecule has 104 valence electrons. The fraction of sp³-hybridized carbons (Fsp3) is 0.0526. The van der Waals surface area contributed by atoms with E-state index in [2.05, 4.69) is 18.3 Å². The van der Waals surface area contributed by atoms with Gasteiger partial charge in [-0.25, -0.2) is 0 Å². The molecule has 2 heteroatoms. The van der Waals surface area contributed by atoms with Crippen LogP contribution in [0.2, 0.25) is 0 Å². The second-order valence-corrected chi connectivity index (χ2v) is 4.83. The number of nitrogens with one attached hydrogen (secondary N) is 1. The van der Waals surface area contributed by atoms with Gasteiger partial charge in [0, 0.05) is 16.9 Å². The first-order valence-corrected chi connectivity index (χ1v) is 6.97. The van der Waals surface area contributed by atoms with E-state index in [4.69, 9.17) is 4.74 Å². The number of hydrogen-bond donors (Lipinski definition) is 1. The monoisotopic (exact) mass is 275 g/mol. The molecular weight excluding hydrogens is 258 g/mol. The van der Waals surface area contributed by atoms with Crippen molar-refractivity contribution in [1.82, 2.24) is 0 Å². The van der Waals surface area contributed by atoms with E-state index in [1.807, 2.05) is 72.8 Å². The molecular formula is C19H17NO. The molecule has 3 rings (SSSR count). The lowest BCUT2D eigenvalue weighted by Crippen LogP contribution is -1.95. The van der Waals surface area contributed by atoms with Crippen molar-refractivity contribution in [3.63, 3.8) is 0 Å². The van der Waals surface area contributed by atoms with E-state index in [1.165, 1.54) is 0 Å².